The molecule has 0 bridgehead atoms. The molecule has 1 rings (SSSR count). The average molecular weight is 257 g/mol. The van der Waals surface area contributed by atoms with E-state index in [4.69, 9.17) is 0 Å². The van der Waals surface area contributed by atoms with Gasteiger partial charge in [0.1, 0.15) is 0 Å². The minimum absolute atomic E-state index is 0. The van der Waals surface area contributed by atoms with Crippen LogP contribution < -0.4 is 24.8 Å². The molecular weight excluding hydrogens is 242 g/mol. The van der Waals surface area contributed by atoms with E-state index in [1.54, 1.807) is 5.57 Å². The molecule has 0 aromatic rings. The van der Waals surface area contributed by atoms with E-state index in [9.17, 15) is 0 Å². The predicted molar refractivity (Wildman–Crippen MR) is 44.9 cm³/mol. The number of rotatable bonds is 3. The van der Waals surface area contributed by atoms with Gasteiger partial charge in [0.15, 0.2) is 0 Å². The molecule has 3 heteroatoms. The van der Waals surface area contributed by atoms with Crippen molar-refractivity contribution in [2.75, 3.05) is 0 Å². The second-order valence-electron chi connectivity index (χ2n) is 3.20. The predicted octanol–water partition coefficient (Wildman–Crippen LogP) is -2.81. The van der Waals surface area contributed by atoms with Crippen molar-refractivity contribution in [1.29, 1.82) is 0 Å². The van der Waals surface area contributed by atoms with E-state index in [2.05, 4.69) is 43.4 Å². The number of hydrogen-bond donors (Lipinski definition) is 0. The van der Waals surface area contributed by atoms with Crippen molar-refractivity contribution in [2.45, 2.75) is 33.1 Å². The Labute approximate surface area is 103 Å². The summed E-state index contributed by atoms with van der Waals surface area (Å²) in [6, 6.07) is 0. The van der Waals surface area contributed by atoms with Gasteiger partial charge < -0.3 is 24.8 Å². The van der Waals surface area contributed by atoms with E-state index < -0.39 is 0 Å². The summed E-state index contributed by atoms with van der Waals surface area (Å²) in [5.74, 6) is 0.761. The van der Waals surface area contributed by atoms with Crippen molar-refractivity contribution in [1.82, 2.24) is 0 Å². The van der Waals surface area contributed by atoms with Crippen LogP contribution in [0.5, 0.6) is 0 Å². The monoisotopic (exact) mass is 256 g/mol. The Bertz CT molecular complexity index is 197. The zero-order valence-corrected chi connectivity index (χ0v) is 11.0. The fourth-order valence-corrected chi connectivity index (χ4v) is 2.17. The van der Waals surface area contributed by atoms with Crippen LogP contribution in [0.15, 0.2) is 22.0 Å². The zero-order chi connectivity index (χ0) is 8.27. The van der Waals surface area contributed by atoms with Crippen LogP contribution in [0.4, 0.5) is 0 Å². The van der Waals surface area contributed by atoms with Gasteiger partial charge in [-0.15, -0.1) is 0 Å². The summed E-state index contributed by atoms with van der Waals surface area (Å²) in [5.41, 5.74) is 1.56. The third-order valence-corrected chi connectivity index (χ3v) is 2.88. The van der Waals surface area contributed by atoms with Crippen LogP contribution in [0, 0.1) is 5.92 Å². The van der Waals surface area contributed by atoms with Crippen LogP contribution in [-0.2, 0) is 17.4 Å². The number of allylic oxidation sites excluding steroid dienone is 4. The first kappa shape index (κ1) is 16.1. The topological polar surface area (TPSA) is 0 Å². The normalized spacial score (nSPS) is 16.4. The molecule has 0 saturated carbocycles. The summed E-state index contributed by atoms with van der Waals surface area (Å²) in [4.78, 5) is 0. The molecule has 0 aromatic carbocycles. The first-order chi connectivity index (χ1) is 5.25. The molecule has 13 heavy (non-hydrogen) atoms. The molecule has 0 heterocycles. The minimum atomic E-state index is 0. The van der Waals surface area contributed by atoms with Gasteiger partial charge >= 0.3 is 78.5 Å². The second-order valence-corrected chi connectivity index (χ2v) is 4.04. The van der Waals surface area contributed by atoms with Crippen LogP contribution in [0.1, 0.15) is 33.1 Å². The third-order valence-electron chi connectivity index (χ3n) is 2.19. The summed E-state index contributed by atoms with van der Waals surface area (Å²) in [7, 11) is 0. The molecule has 74 valence electrons. The third kappa shape index (κ3) is 4.60. The number of halogens is 2. The molecule has 0 saturated heterocycles. The maximum Gasteiger partial charge on any atom is -1.00 e. The Hall–Kier alpha value is 0.644. The van der Waals surface area contributed by atoms with E-state index in [-0.39, 0.29) is 24.8 Å². The van der Waals surface area contributed by atoms with E-state index >= 15 is 0 Å². The smallest absolute Gasteiger partial charge is 1.00 e. The Kier molecular flexibility index (Phi) is 9.89. The molecule has 0 nitrogen and oxygen atoms in total. The van der Waals surface area contributed by atoms with Crippen LogP contribution >= 0.6 is 0 Å². The quantitative estimate of drug-likeness (QED) is 0.512. The zero-order valence-electron chi connectivity index (χ0n) is 8.06. The molecule has 0 spiro atoms. The Morgan fingerprint density at radius 3 is 2.46 bits per heavy atom. The standard InChI is InChI=1S/C10H15.2ClH.V/c1-3-6-9(2)10-7-4-5-8-10;;;/h4,7,9H,3,5-6H2,1-2H3;2*1H;/q;;;+2/p-2. The van der Waals surface area contributed by atoms with Crippen molar-refractivity contribution >= 4 is 0 Å². The average Bonchev–Trinajstić information content (AvgIpc) is 2.36. The Morgan fingerprint density at radius 1 is 1.46 bits per heavy atom. The molecule has 1 aliphatic rings. The summed E-state index contributed by atoms with van der Waals surface area (Å²) in [6.45, 7) is 4.57. The van der Waals surface area contributed by atoms with Crippen molar-refractivity contribution in [3.63, 3.8) is 0 Å². The van der Waals surface area contributed by atoms with E-state index in [1.807, 2.05) is 0 Å². The maximum absolute atomic E-state index is 2.70. The SMILES string of the molecule is CCCC(C)C1=[C]([V+2])CC=C1.[Cl-].[Cl-]. The summed E-state index contributed by atoms with van der Waals surface area (Å²) >= 11 is 2.70. The maximum atomic E-state index is 2.70. The largest absolute Gasteiger partial charge is 1.00 e. The molecular formula is C10H15Cl2V. The van der Waals surface area contributed by atoms with Crippen LogP contribution in [-0.4, -0.2) is 0 Å². The van der Waals surface area contributed by atoms with Gasteiger partial charge in [-0.25, -0.2) is 0 Å². The summed E-state index contributed by atoms with van der Waals surface area (Å²) < 4.78 is 1.51. The molecule has 0 fully saturated rings. The van der Waals surface area contributed by atoms with Crippen LogP contribution in [0.25, 0.3) is 0 Å². The fourth-order valence-electron chi connectivity index (χ4n) is 1.55. The van der Waals surface area contributed by atoms with Gasteiger partial charge in [0.25, 0.3) is 0 Å². The Morgan fingerprint density at radius 2 is 2.08 bits per heavy atom. The molecule has 1 unspecified atom stereocenters. The van der Waals surface area contributed by atoms with Gasteiger partial charge in [0.05, 0.1) is 0 Å². The van der Waals surface area contributed by atoms with E-state index in [0.717, 1.165) is 12.3 Å². The molecule has 0 radical (unpaired) electrons. The van der Waals surface area contributed by atoms with Gasteiger partial charge in [-0.2, -0.15) is 0 Å². The first-order valence-corrected chi connectivity index (χ1v) is 5.04. The van der Waals surface area contributed by atoms with Gasteiger partial charge in [0, 0.05) is 0 Å². The first-order valence-electron chi connectivity index (χ1n) is 4.34. The minimum Gasteiger partial charge on any atom is -1.00 e. The van der Waals surface area contributed by atoms with Crippen LogP contribution in [0.3, 0.4) is 0 Å². The molecule has 0 aliphatic heterocycles. The van der Waals surface area contributed by atoms with E-state index in [1.165, 1.54) is 17.1 Å². The second kappa shape index (κ2) is 7.99. The summed E-state index contributed by atoms with van der Waals surface area (Å²) in [5, 5.41) is 0. The van der Waals surface area contributed by atoms with Gasteiger partial charge in [-0.3, -0.25) is 0 Å². The molecule has 1 aliphatic carbocycles. The van der Waals surface area contributed by atoms with Gasteiger partial charge in [-0.05, 0) is 0 Å². The van der Waals surface area contributed by atoms with Gasteiger partial charge in [0.2, 0.25) is 0 Å². The van der Waals surface area contributed by atoms with Gasteiger partial charge in [-0.1, -0.05) is 0 Å². The van der Waals surface area contributed by atoms with Crippen molar-refractivity contribution in [3.05, 3.63) is 22.0 Å². The Balaban J connectivity index is 0. The number of hydrogen-bond acceptors (Lipinski definition) is 0. The van der Waals surface area contributed by atoms with E-state index in [0.29, 0.717) is 0 Å². The van der Waals surface area contributed by atoms with Crippen molar-refractivity contribution in [3.8, 4) is 0 Å². The molecule has 0 amide bonds. The van der Waals surface area contributed by atoms with Crippen molar-refractivity contribution < 1.29 is 42.2 Å². The molecule has 1 atom stereocenters. The molecule has 0 N–H and O–H groups in total. The fraction of sp³-hybridized carbons (Fsp3) is 0.600. The van der Waals surface area contributed by atoms with Crippen molar-refractivity contribution in [2.24, 2.45) is 5.92 Å². The summed E-state index contributed by atoms with van der Waals surface area (Å²) in [6.07, 6.45) is 8.31. The van der Waals surface area contributed by atoms with Crippen LogP contribution in [0.2, 0.25) is 0 Å². The molecule has 0 aromatic heterocycles.